The molecule has 12 heavy (non-hydrogen) atoms. The first-order valence-corrected chi connectivity index (χ1v) is 3.00. The lowest BCUT2D eigenvalue weighted by molar-refractivity contribution is -0.131. The number of carbonyl (C=O) groups is 3. The molecule has 0 fully saturated rings. The molecule has 0 aliphatic rings. The average molecular weight is 172 g/mol. The maximum absolute atomic E-state index is 10.6. The fourth-order valence-electron chi connectivity index (χ4n) is 0.363. The van der Waals surface area contributed by atoms with E-state index in [9.17, 15) is 14.4 Å². The van der Waals surface area contributed by atoms with Gasteiger partial charge in [0.05, 0.1) is 0 Å². The molecule has 0 radical (unpaired) electrons. The minimum absolute atomic E-state index is 0.637. The average Bonchev–Trinajstić information content (AvgIpc) is 2.00. The van der Waals surface area contributed by atoms with E-state index in [0.717, 1.165) is 6.08 Å². The molecule has 0 unspecified atom stereocenters. The molecule has 66 valence electrons. The summed E-state index contributed by atoms with van der Waals surface area (Å²) in [6, 6.07) is -0.685. The third-order valence-corrected chi connectivity index (χ3v) is 0.841. The molecule has 0 saturated heterocycles. The highest BCUT2D eigenvalue weighted by atomic mass is 16.4. The normalized spacial score (nSPS) is 9.42. The summed E-state index contributed by atoms with van der Waals surface area (Å²) in [7, 11) is 1.34. The van der Waals surface area contributed by atoms with Crippen molar-refractivity contribution in [1.82, 2.24) is 10.6 Å². The van der Waals surface area contributed by atoms with Crippen molar-refractivity contribution in [1.29, 1.82) is 0 Å². The first kappa shape index (κ1) is 10.2. The summed E-state index contributed by atoms with van der Waals surface area (Å²) in [5, 5.41) is 12.1. The van der Waals surface area contributed by atoms with Crippen molar-refractivity contribution in [2.75, 3.05) is 7.05 Å². The quantitative estimate of drug-likeness (QED) is 0.469. The van der Waals surface area contributed by atoms with Crippen molar-refractivity contribution in [2.45, 2.75) is 0 Å². The molecular formula is C6H8N2O4. The highest BCUT2D eigenvalue weighted by Crippen LogP contribution is 1.74. The Balaban J connectivity index is 3.90. The lowest BCUT2D eigenvalue weighted by Crippen LogP contribution is -2.36. The molecular weight excluding hydrogens is 164 g/mol. The van der Waals surface area contributed by atoms with Gasteiger partial charge in [-0.1, -0.05) is 0 Å². The zero-order valence-electron chi connectivity index (χ0n) is 6.33. The fourth-order valence-corrected chi connectivity index (χ4v) is 0.363. The van der Waals surface area contributed by atoms with Gasteiger partial charge in [-0.05, 0) is 0 Å². The molecule has 0 rings (SSSR count). The monoisotopic (exact) mass is 172 g/mol. The largest absolute Gasteiger partial charge is 0.478 e. The summed E-state index contributed by atoms with van der Waals surface area (Å²) in [5.74, 6) is -2.03. The van der Waals surface area contributed by atoms with Crippen LogP contribution in [0.25, 0.3) is 0 Å². The Morgan fingerprint density at radius 3 is 2.25 bits per heavy atom. The Hall–Kier alpha value is -1.85. The van der Waals surface area contributed by atoms with Gasteiger partial charge in [-0.15, -0.1) is 0 Å². The van der Waals surface area contributed by atoms with E-state index < -0.39 is 17.9 Å². The third-order valence-electron chi connectivity index (χ3n) is 0.841. The van der Waals surface area contributed by atoms with Crippen LogP contribution in [-0.2, 0) is 9.59 Å². The van der Waals surface area contributed by atoms with Crippen LogP contribution in [0.2, 0.25) is 0 Å². The van der Waals surface area contributed by atoms with Gasteiger partial charge in [0.25, 0.3) is 5.91 Å². The number of carbonyl (C=O) groups excluding carboxylic acids is 2. The maximum atomic E-state index is 10.6. The zero-order valence-corrected chi connectivity index (χ0v) is 6.33. The molecule has 0 aromatic rings. The number of carboxylic acid groups (broad SMARTS) is 1. The van der Waals surface area contributed by atoms with Gasteiger partial charge in [-0.3, -0.25) is 10.1 Å². The van der Waals surface area contributed by atoms with E-state index in [1.54, 1.807) is 0 Å². The summed E-state index contributed by atoms with van der Waals surface area (Å²) in [6.45, 7) is 0. The van der Waals surface area contributed by atoms with Gasteiger partial charge in [-0.25, -0.2) is 9.59 Å². The lowest BCUT2D eigenvalue weighted by Gasteiger charge is -1.96. The molecule has 0 aromatic heterocycles. The molecule has 6 heteroatoms. The van der Waals surface area contributed by atoms with Crippen LogP contribution < -0.4 is 10.6 Å². The third kappa shape index (κ3) is 4.98. The summed E-state index contributed by atoms with van der Waals surface area (Å²) >= 11 is 0. The Morgan fingerprint density at radius 1 is 1.25 bits per heavy atom. The van der Waals surface area contributed by atoms with Gasteiger partial charge in [-0.2, -0.15) is 0 Å². The number of amides is 3. The van der Waals surface area contributed by atoms with Gasteiger partial charge in [0, 0.05) is 19.2 Å². The van der Waals surface area contributed by atoms with E-state index in [-0.39, 0.29) is 0 Å². The summed E-state index contributed by atoms with van der Waals surface area (Å²) in [5.41, 5.74) is 0. The van der Waals surface area contributed by atoms with Crippen LogP contribution in [0.1, 0.15) is 0 Å². The molecule has 3 N–H and O–H groups in total. The van der Waals surface area contributed by atoms with Crippen LogP contribution in [-0.4, -0.2) is 30.1 Å². The number of imide groups is 1. The molecule has 0 aliphatic carbocycles. The number of carboxylic acids is 1. The maximum Gasteiger partial charge on any atom is 0.328 e. The van der Waals surface area contributed by atoms with Crippen LogP contribution in [0.3, 0.4) is 0 Å². The van der Waals surface area contributed by atoms with E-state index >= 15 is 0 Å². The second-order valence-electron chi connectivity index (χ2n) is 1.74. The highest BCUT2D eigenvalue weighted by Gasteiger charge is 2.00. The predicted molar refractivity (Wildman–Crippen MR) is 39.4 cm³/mol. The van der Waals surface area contributed by atoms with Crippen molar-refractivity contribution in [2.24, 2.45) is 0 Å². The predicted octanol–water partition coefficient (Wildman–Crippen LogP) is -0.917. The minimum atomic E-state index is -1.25. The van der Waals surface area contributed by atoms with Crippen molar-refractivity contribution in [3.63, 3.8) is 0 Å². The number of urea groups is 1. The number of hydrogen-bond donors (Lipinski definition) is 3. The molecule has 6 nitrogen and oxygen atoms in total. The van der Waals surface area contributed by atoms with Crippen molar-refractivity contribution in [3.05, 3.63) is 12.2 Å². The van der Waals surface area contributed by atoms with Gasteiger partial charge < -0.3 is 10.4 Å². The number of nitrogens with one attached hydrogen (secondary N) is 2. The Morgan fingerprint density at radius 2 is 1.83 bits per heavy atom. The van der Waals surface area contributed by atoms with Gasteiger partial charge in [0.15, 0.2) is 0 Å². The molecule has 0 aliphatic heterocycles. The highest BCUT2D eigenvalue weighted by molar-refractivity contribution is 6.02. The Bertz CT molecular complexity index is 234. The summed E-state index contributed by atoms with van der Waals surface area (Å²) in [6.07, 6.45) is 1.38. The summed E-state index contributed by atoms with van der Waals surface area (Å²) < 4.78 is 0. The lowest BCUT2D eigenvalue weighted by atomic mass is 10.5. The first-order chi connectivity index (χ1) is 5.56. The van der Waals surface area contributed by atoms with Crippen LogP contribution in [0.4, 0.5) is 4.79 Å². The molecule has 0 atom stereocenters. The first-order valence-electron chi connectivity index (χ1n) is 3.00. The fraction of sp³-hybridized carbons (Fsp3) is 0.167. The Labute approximate surface area is 68.3 Å². The van der Waals surface area contributed by atoms with Gasteiger partial charge >= 0.3 is 12.0 Å². The zero-order chi connectivity index (χ0) is 9.56. The topological polar surface area (TPSA) is 95.5 Å². The van der Waals surface area contributed by atoms with Crippen LogP contribution in [0, 0.1) is 0 Å². The van der Waals surface area contributed by atoms with Crippen molar-refractivity contribution in [3.8, 4) is 0 Å². The van der Waals surface area contributed by atoms with Crippen LogP contribution in [0.5, 0.6) is 0 Å². The van der Waals surface area contributed by atoms with E-state index in [1.165, 1.54) is 7.05 Å². The molecule has 0 heterocycles. The minimum Gasteiger partial charge on any atom is -0.478 e. The molecule has 0 saturated carbocycles. The molecule has 0 bridgehead atoms. The van der Waals surface area contributed by atoms with E-state index in [4.69, 9.17) is 5.11 Å². The van der Waals surface area contributed by atoms with E-state index in [1.807, 2.05) is 5.32 Å². The number of hydrogen-bond acceptors (Lipinski definition) is 3. The molecule has 0 aromatic carbocycles. The Kier molecular flexibility index (Phi) is 4.13. The number of aliphatic carboxylic acids is 1. The van der Waals surface area contributed by atoms with Crippen LogP contribution >= 0.6 is 0 Å². The van der Waals surface area contributed by atoms with E-state index in [0.29, 0.717) is 6.08 Å². The smallest absolute Gasteiger partial charge is 0.328 e. The molecule has 0 spiro atoms. The van der Waals surface area contributed by atoms with E-state index in [2.05, 4.69) is 5.32 Å². The standard InChI is InChI=1S/C6H8N2O4/c1-7-6(12)8-4(9)2-3-5(10)11/h2-3H,1H3,(H,10,11)(H2,7,8,9,12)/b3-2-. The SMILES string of the molecule is CNC(=O)NC(=O)/C=C\C(=O)O. The second kappa shape index (κ2) is 4.89. The molecule has 3 amide bonds. The van der Waals surface area contributed by atoms with Crippen molar-refractivity contribution >= 4 is 17.9 Å². The van der Waals surface area contributed by atoms with Crippen LogP contribution in [0.15, 0.2) is 12.2 Å². The summed E-state index contributed by atoms with van der Waals surface area (Å²) in [4.78, 5) is 30.9. The second-order valence-corrected chi connectivity index (χ2v) is 1.74. The van der Waals surface area contributed by atoms with Crippen molar-refractivity contribution < 1.29 is 19.5 Å². The van der Waals surface area contributed by atoms with Gasteiger partial charge in [0.1, 0.15) is 0 Å². The van der Waals surface area contributed by atoms with Gasteiger partial charge in [0.2, 0.25) is 0 Å². The number of rotatable bonds is 2.